The number of para-hydroxylation sites is 2. The second kappa shape index (κ2) is 9.00. The molecule has 0 bridgehead atoms. The second-order valence-corrected chi connectivity index (χ2v) is 9.55. The highest BCUT2D eigenvalue weighted by Gasteiger charge is 2.31. The Morgan fingerprint density at radius 3 is 2.75 bits per heavy atom. The molecule has 0 aliphatic carbocycles. The van der Waals surface area contributed by atoms with Crippen LogP contribution in [0.25, 0.3) is 0 Å². The molecule has 2 aromatic carbocycles. The van der Waals surface area contributed by atoms with E-state index in [9.17, 15) is 4.39 Å². The zero-order valence-electron chi connectivity index (χ0n) is 18.5. The third-order valence-electron chi connectivity index (χ3n) is 6.32. The summed E-state index contributed by atoms with van der Waals surface area (Å²) in [5.41, 5.74) is 4.12. The maximum atomic E-state index is 13.2. The van der Waals surface area contributed by atoms with Crippen LogP contribution in [0.4, 0.5) is 20.8 Å². The molecule has 0 unspecified atom stereocenters. The van der Waals surface area contributed by atoms with Crippen molar-refractivity contribution in [3.63, 3.8) is 0 Å². The van der Waals surface area contributed by atoms with Crippen LogP contribution in [-0.4, -0.2) is 53.3 Å². The van der Waals surface area contributed by atoms with Crippen LogP contribution in [0.5, 0.6) is 0 Å². The van der Waals surface area contributed by atoms with Gasteiger partial charge in [-0.1, -0.05) is 31.2 Å². The van der Waals surface area contributed by atoms with Crippen molar-refractivity contribution in [2.24, 2.45) is 4.99 Å². The van der Waals surface area contributed by atoms with Crippen LogP contribution in [0, 0.1) is 5.82 Å². The number of aromatic nitrogens is 1. The summed E-state index contributed by atoms with van der Waals surface area (Å²) in [6, 6.07) is 15.5. The molecule has 1 saturated heterocycles. The molecule has 2 aliphatic heterocycles. The molecular formula is C25H28FN5S. The molecule has 2 aliphatic rings. The quantitative estimate of drug-likeness (QED) is 0.592. The minimum Gasteiger partial charge on any atom is -0.352 e. The molecule has 5 nitrogen and oxygen atoms in total. The number of anilines is 2. The Balaban J connectivity index is 1.41. The monoisotopic (exact) mass is 449 g/mol. The fraction of sp³-hybridized carbons (Fsp3) is 0.360. The molecule has 0 amide bonds. The zero-order valence-corrected chi connectivity index (χ0v) is 19.3. The smallest absolute Gasteiger partial charge is 0.158 e. The summed E-state index contributed by atoms with van der Waals surface area (Å²) in [5, 5.41) is 5.77. The van der Waals surface area contributed by atoms with E-state index in [1.807, 2.05) is 24.3 Å². The van der Waals surface area contributed by atoms with E-state index in [2.05, 4.69) is 41.2 Å². The lowest BCUT2D eigenvalue weighted by Crippen LogP contribution is -2.53. The van der Waals surface area contributed by atoms with E-state index in [0.717, 1.165) is 71.8 Å². The lowest BCUT2D eigenvalue weighted by Gasteiger charge is -2.40. The van der Waals surface area contributed by atoms with Crippen LogP contribution in [-0.2, 0) is 12.8 Å². The number of aliphatic imine (C=N–C) groups is 1. The van der Waals surface area contributed by atoms with Crippen LogP contribution in [0.1, 0.15) is 29.6 Å². The molecule has 7 heteroatoms. The third-order valence-corrected chi connectivity index (χ3v) is 7.44. The normalized spacial score (nSPS) is 18.4. The number of nitrogens with zero attached hydrogens (tertiary/aromatic N) is 4. The van der Waals surface area contributed by atoms with Gasteiger partial charge in [-0.3, -0.25) is 4.90 Å². The molecule has 0 saturated carbocycles. The Morgan fingerprint density at radius 1 is 1.12 bits per heavy atom. The summed E-state index contributed by atoms with van der Waals surface area (Å²) in [4.78, 5) is 14.9. The maximum absolute atomic E-state index is 13.2. The first-order valence-electron chi connectivity index (χ1n) is 11.2. The summed E-state index contributed by atoms with van der Waals surface area (Å²) >= 11 is 1.72. The highest BCUT2D eigenvalue weighted by Crippen LogP contribution is 2.38. The fourth-order valence-corrected chi connectivity index (χ4v) is 5.28. The Hall–Kier alpha value is -2.77. The van der Waals surface area contributed by atoms with Gasteiger partial charge in [0.15, 0.2) is 5.84 Å². The predicted octanol–water partition coefficient (Wildman–Crippen LogP) is 5.23. The number of amidine groups is 1. The van der Waals surface area contributed by atoms with Crippen molar-refractivity contribution in [2.75, 3.05) is 32.0 Å². The number of hydrogen-bond donors (Lipinski definition) is 1. The number of likely N-dealkylation sites (N-methyl/N-ethyl adjacent to an activating group) is 1. The number of halogens is 1. The number of hydrogen-bond acceptors (Lipinski definition) is 6. The molecule has 3 aromatic rings. The average molecular weight is 450 g/mol. The van der Waals surface area contributed by atoms with Gasteiger partial charge in [-0.2, -0.15) is 0 Å². The van der Waals surface area contributed by atoms with Crippen LogP contribution in [0.3, 0.4) is 0 Å². The number of aryl methyl sites for hydroxylation is 2. The molecule has 3 heterocycles. The van der Waals surface area contributed by atoms with Crippen molar-refractivity contribution >= 4 is 33.5 Å². The highest BCUT2D eigenvalue weighted by molar-refractivity contribution is 7.16. The van der Waals surface area contributed by atoms with Crippen molar-refractivity contribution in [1.29, 1.82) is 0 Å². The zero-order chi connectivity index (χ0) is 22.1. The minimum atomic E-state index is -0.180. The summed E-state index contributed by atoms with van der Waals surface area (Å²) in [5.74, 6) is 0.786. The summed E-state index contributed by atoms with van der Waals surface area (Å²) < 4.78 is 13.2. The van der Waals surface area contributed by atoms with Crippen molar-refractivity contribution in [2.45, 2.75) is 32.2 Å². The van der Waals surface area contributed by atoms with E-state index < -0.39 is 0 Å². The Bertz CT molecular complexity index is 1120. The molecule has 1 fully saturated rings. The van der Waals surface area contributed by atoms with Crippen molar-refractivity contribution in [3.05, 3.63) is 70.6 Å². The van der Waals surface area contributed by atoms with E-state index in [0.29, 0.717) is 6.04 Å². The van der Waals surface area contributed by atoms with Gasteiger partial charge in [0.25, 0.3) is 0 Å². The molecule has 1 atom stereocenters. The average Bonchev–Trinajstić information content (AvgIpc) is 3.15. The fourth-order valence-electron chi connectivity index (χ4n) is 4.37. The molecule has 1 N–H and O–H groups in total. The van der Waals surface area contributed by atoms with E-state index >= 15 is 0 Å². The molecule has 32 heavy (non-hydrogen) atoms. The van der Waals surface area contributed by atoms with E-state index in [-0.39, 0.29) is 5.82 Å². The van der Waals surface area contributed by atoms with Gasteiger partial charge in [-0.15, -0.1) is 11.3 Å². The van der Waals surface area contributed by atoms with Crippen molar-refractivity contribution in [1.82, 2.24) is 14.8 Å². The van der Waals surface area contributed by atoms with Gasteiger partial charge in [0.05, 0.1) is 16.4 Å². The topological polar surface area (TPSA) is 43.8 Å². The first-order valence-corrected chi connectivity index (χ1v) is 12.1. The summed E-state index contributed by atoms with van der Waals surface area (Å²) in [6.45, 7) is 4.94. The number of fused-ring (bicyclic) bond motifs is 2. The van der Waals surface area contributed by atoms with E-state index in [1.54, 1.807) is 23.5 Å². The standard InChI is InChI=1S/C25H28FN5S/c1-3-22-29-23-24(27-20-6-4-5-7-21(20)28-25(23)32-22)31-15-14-30(2)19(16-31)13-10-17-8-11-18(26)12-9-17/h4-9,11-12,19,28H,3,10,13-16H2,1-2H3/t19-/m0/s1. The molecule has 1 aromatic heterocycles. The Kier molecular flexibility index (Phi) is 5.93. The molecule has 0 radical (unpaired) electrons. The van der Waals surface area contributed by atoms with Crippen LogP contribution in [0.15, 0.2) is 53.5 Å². The minimum absolute atomic E-state index is 0.180. The van der Waals surface area contributed by atoms with Gasteiger partial charge >= 0.3 is 0 Å². The molecular weight excluding hydrogens is 421 g/mol. The molecule has 5 rings (SSSR count). The summed E-state index contributed by atoms with van der Waals surface area (Å²) in [6.07, 6.45) is 2.87. The Morgan fingerprint density at radius 2 is 1.94 bits per heavy atom. The lowest BCUT2D eigenvalue weighted by atomic mass is 10.0. The van der Waals surface area contributed by atoms with Crippen molar-refractivity contribution in [3.8, 4) is 0 Å². The second-order valence-electron chi connectivity index (χ2n) is 8.46. The maximum Gasteiger partial charge on any atom is 0.158 e. The van der Waals surface area contributed by atoms with Crippen LogP contribution < -0.4 is 5.32 Å². The predicted molar refractivity (Wildman–Crippen MR) is 130 cm³/mol. The first kappa shape index (κ1) is 21.1. The first-order chi connectivity index (χ1) is 15.6. The number of rotatable bonds is 4. The van der Waals surface area contributed by atoms with Gasteiger partial charge in [-0.25, -0.2) is 14.4 Å². The van der Waals surface area contributed by atoms with Crippen molar-refractivity contribution < 1.29 is 4.39 Å². The highest BCUT2D eigenvalue weighted by atomic mass is 32.1. The van der Waals surface area contributed by atoms with Gasteiger partial charge in [0.2, 0.25) is 0 Å². The number of piperazine rings is 1. The number of thiazole rings is 1. The van der Waals surface area contributed by atoms with Gasteiger partial charge in [0.1, 0.15) is 16.5 Å². The van der Waals surface area contributed by atoms with Gasteiger partial charge in [-0.05, 0) is 56.1 Å². The summed E-state index contributed by atoms with van der Waals surface area (Å²) in [7, 11) is 2.20. The Labute approximate surface area is 192 Å². The number of nitrogens with one attached hydrogen (secondary N) is 1. The lowest BCUT2D eigenvalue weighted by molar-refractivity contribution is 0.134. The molecule has 166 valence electrons. The van der Waals surface area contributed by atoms with Crippen LogP contribution in [0.2, 0.25) is 0 Å². The number of benzene rings is 2. The third kappa shape index (κ3) is 4.27. The largest absolute Gasteiger partial charge is 0.352 e. The SMILES string of the molecule is CCc1nc2c(s1)Nc1ccccc1N=C2N1CCN(C)[C@@H](CCc2ccc(F)cc2)C1. The van der Waals surface area contributed by atoms with Gasteiger partial charge in [0, 0.05) is 25.7 Å². The molecule has 0 spiro atoms. The van der Waals surface area contributed by atoms with E-state index in [4.69, 9.17) is 9.98 Å². The van der Waals surface area contributed by atoms with E-state index in [1.165, 1.54) is 5.56 Å². The van der Waals surface area contributed by atoms with Gasteiger partial charge < -0.3 is 10.2 Å². The van der Waals surface area contributed by atoms with Crippen LogP contribution >= 0.6 is 11.3 Å².